The lowest BCUT2D eigenvalue weighted by atomic mass is 10.2. The molecule has 0 amide bonds. The Hall–Kier alpha value is -0.980. The molecule has 0 aliphatic rings. The highest BCUT2D eigenvalue weighted by Crippen LogP contribution is 2.23. The van der Waals surface area contributed by atoms with Crippen LogP contribution in [-0.2, 0) is 0 Å². The molecule has 0 saturated heterocycles. The Morgan fingerprint density at radius 2 is 2.14 bits per heavy atom. The first-order chi connectivity index (χ1) is 6.81. The summed E-state index contributed by atoms with van der Waals surface area (Å²) in [6, 6.07) is 6.40. The van der Waals surface area contributed by atoms with Gasteiger partial charge in [0.1, 0.15) is 5.82 Å². The highest BCUT2D eigenvalue weighted by atomic mass is 32.2. The van der Waals surface area contributed by atoms with E-state index in [2.05, 4.69) is 9.36 Å². The summed E-state index contributed by atoms with van der Waals surface area (Å²) in [6.07, 6.45) is 0. The third-order valence-corrected chi connectivity index (χ3v) is 2.94. The normalized spacial score (nSPS) is 10.4. The van der Waals surface area contributed by atoms with E-state index in [1.165, 1.54) is 6.07 Å². The fraction of sp³-hybridized carbons (Fsp3) is 0. The van der Waals surface area contributed by atoms with Crippen LogP contribution in [0.1, 0.15) is 0 Å². The molecule has 0 fully saturated rings. The zero-order chi connectivity index (χ0) is 9.97. The molecule has 2 N–H and O–H groups in total. The molecular formula is C8H6FN3S2. The Morgan fingerprint density at radius 3 is 2.79 bits per heavy atom. The van der Waals surface area contributed by atoms with E-state index in [0.717, 1.165) is 23.5 Å². The molecule has 0 radical (unpaired) electrons. The zero-order valence-electron chi connectivity index (χ0n) is 6.98. The van der Waals surface area contributed by atoms with Crippen molar-refractivity contribution in [3.8, 4) is 11.4 Å². The van der Waals surface area contributed by atoms with Gasteiger partial charge in [-0.15, -0.1) is 0 Å². The lowest BCUT2D eigenvalue weighted by molar-refractivity contribution is 0.630. The van der Waals surface area contributed by atoms with Crippen LogP contribution in [0, 0.1) is 5.82 Å². The summed E-state index contributed by atoms with van der Waals surface area (Å²) in [5.74, 6) is 0.0694. The summed E-state index contributed by atoms with van der Waals surface area (Å²) in [5.41, 5.74) is 0.407. The Bertz CT molecular complexity index is 444. The fourth-order valence-corrected chi connectivity index (χ4v) is 1.86. The number of rotatable bonds is 2. The molecule has 2 aromatic rings. The third kappa shape index (κ3) is 1.77. The molecule has 1 aromatic heterocycles. The van der Waals surface area contributed by atoms with Crippen molar-refractivity contribution < 1.29 is 4.39 Å². The van der Waals surface area contributed by atoms with Gasteiger partial charge in [-0.1, -0.05) is 12.1 Å². The maximum Gasteiger partial charge on any atom is 0.185 e. The molecule has 1 heterocycles. The van der Waals surface area contributed by atoms with Gasteiger partial charge in [0.15, 0.2) is 10.2 Å². The second-order valence-electron chi connectivity index (χ2n) is 2.48. The number of halogens is 1. The van der Waals surface area contributed by atoms with Crippen LogP contribution < -0.4 is 5.14 Å². The van der Waals surface area contributed by atoms with Gasteiger partial charge in [0, 0.05) is 0 Å². The maximum absolute atomic E-state index is 13.3. The minimum Gasteiger partial charge on any atom is -0.272 e. The van der Waals surface area contributed by atoms with E-state index >= 15 is 0 Å². The first kappa shape index (κ1) is 9.57. The smallest absolute Gasteiger partial charge is 0.185 e. The van der Waals surface area contributed by atoms with E-state index in [1.807, 2.05) is 0 Å². The van der Waals surface area contributed by atoms with Crippen LogP contribution in [-0.4, -0.2) is 9.36 Å². The highest BCUT2D eigenvalue weighted by molar-refractivity contribution is 7.98. The SMILES string of the molecule is NSc1nc(-c2ccccc2F)ns1. The standard InChI is InChI=1S/C8H6FN3S2/c9-6-4-2-1-3-5(6)7-11-8(13-10)14-12-7/h1-4H,10H2. The molecule has 2 rings (SSSR count). The molecule has 72 valence electrons. The molecule has 1 aromatic carbocycles. The average Bonchev–Trinajstić information content (AvgIpc) is 2.67. The molecule has 0 spiro atoms. The van der Waals surface area contributed by atoms with Crippen molar-refractivity contribution in [3.63, 3.8) is 0 Å². The number of nitrogens with zero attached hydrogens (tertiary/aromatic N) is 2. The van der Waals surface area contributed by atoms with Gasteiger partial charge in [-0.2, -0.15) is 4.37 Å². The van der Waals surface area contributed by atoms with Crippen molar-refractivity contribution in [1.29, 1.82) is 0 Å². The van der Waals surface area contributed by atoms with Gasteiger partial charge >= 0.3 is 0 Å². The fourth-order valence-electron chi connectivity index (χ4n) is 1.01. The van der Waals surface area contributed by atoms with Gasteiger partial charge in [-0.05, 0) is 35.6 Å². The van der Waals surface area contributed by atoms with Gasteiger partial charge in [0.05, 0.1) is 5.56 Å². The van der Waals surface area contributed by atoms with E-state index in [0.29, 0.717) is 15.7 Å². The van der Waals surface area contributed by atoms with E-state index in [1.54, 1.807) is 18.2 Å². The summed E-state index contributed by atoms with van der Waals surface area (Å²) < 4.78 is 17.9. The zero-order valence-corrected chi connectivity index (χ0v) is 8.61. The average molecular weight is 227 g/mol. The Balaban J connectivity index is 2.44. The van der Waals surface area contributed by atoms with Crippen molar-refractivity contribution >= 4 is 23.5 Å². The second-order valence-corrected chi connectivity index (χ2v) is 4.11. The maximum atomic E-state index is 13.3. The molecule has 0 aliphatic heterocycles. The molecule has 0 saturated carbocycles. The molecule has 6 heteroatoms. The summed E-state index contributed by atoms with van der Waals surface area (Å²) in [7, 11) is 0. The minimum atomic E-state index is -0.320. The van der Waals surface area contributed by atoms with Crippen molar-refractivity contribution in [2.24, 2.45) is 5.14 Å². The lowest BCUT2D eigenvalue weighted by Crippen LogP contribution is -1.85. The number of nitrogens with two attached hydrogens (primary N) is 1. The predicted molar refractivity (Wildman–Crippen MR) is 55.3 cm³/mol. The summed E-state index contributed by atoms with van der Waals surface area (Å²) in [5, 5.41) is 5.31. The van der Waals surface area contributed by atoms with Crippen LogP contribution in [0.2, 0.25) is 0 Å². The van der Waals surface area contributed by atoms with Crippen molar-refractivity contribution in [3.05, 3.63) is 30.1 Å². The van der Waals surface area contributed by atoms with Gasteiger partial charge in [-0.3, -0.25) is 5.14 Å². The van der Waals surface area contributed by atoms with Crippen molar-refractivity contribution in [2.75, 3.05) is 0 Å². The molecule has 0 bridgehead atoms. The number of aromatic nitrogens is 2. The van der Waals surface area contributed by atoms with Crippen molar-refractivity contribution in [2.45, 2.75) is 4.34 Å². The van der Waals surface area contributed by atoms with Gasteiger partial charge in [0.25, 0.3) is 0 Å². The summed E-state index contributed by atoms with van der Waals surface area (Å²) in [6.45, 7) is 0. The number of hydrogen-bond acceptors (Lipinski definition) is 5. The second kappa shape index (κ2) is 4.04. The van der Waals surface area contributed by atoms with Crippen LogP contribution in [0.3, 0.4) is 0 Å². The van der Waals surface area contributed by atoms with Crippen LogP contribution in [0.15, 0.2) is 28.6 Å². The predicted octanol–water partition coefficient (Wildman–Crippen LogP) is 2.31. The Kier molecular flexibility index (Phi) is 2.76. The van der Waals surface area contributed by atoms with E-state index in [4.69, 9.17) is 5.14 Å². The number of benzene rings is 1. The molecule has 3 nitrogen and oxygen atoms in total. The monoisotopic (exact) mass is 227 g/mol. The van der Waals surface area contributed by atoms with Crippen LogP contribution in [0.25, 0.3) is 11.4 Å². The third-order valence-electron chi connectivity index (χ3n) is 1.62. The molecule has 0 unspecified atom stereocenters. The Labute approximate surface area is 88.5 Å². The molecule has 0 aliphatic carbocycles. The molecular weight excluding hydrogens is 221 g/mol. The summed E-state index contributed by atoms with van der Waals surface area (Å²) >= 11 is 2.18. The molecule has 0 atom stereocenters. The lowest BCUT2D eigenvalue weighted by Gasteiger charge is -1.95. The van der Waals surface area contributed by atoms with E-state index in [9.17, 15) is 4.39 Å². The van der Waals surface area contributed by atoms with E-state index in [-0.39, 0.29) is 5.82 Å². The van der Waals surface area contributed by atoms with Gasteiger partial charge < -0.3 is 0 Å². The number of hydrogen-bond donors (Lipinski definition) is 1. The topological polar surface area (TPSA) is 51.8 Å². The Morgan fingerprint density at radius 1 is 1.36 bits per heavy atom. The summed E-state index contributed by atoms with van der Waals surface area (Å²) in [4.78, 5) is 4.07. The first-order valence-electron chi connectivity index (χ1n) is 3.76. The first-order valence-corrected chi connectivity index (χ1v) is 5.42. The van der Waals surface area contributed by atoms with Crippen molar-refractivity contribution in [1.82, 2.24) is 9.36 Å². The van der Waals surface area contributed by atoms with Crippen LogP contribution in [0.4, 0.5) is 4.39 Å². The van der Waals surface area contributed by atoms with Crippen LogP contribution in [0.5, 0.6) is 0 Å². The largest absolute Gasteiger partial charge is 0.272 e. The van der Waals surface area contributed by atoms with Gasteiger partial charge in [0.2, 0.25) is 0 Å². The van der Waals surface area contributed by atoms with E-state index < -0.39 is 0 Å². The highest BCUT2D eigenvalue weighted by Gasteiger charge is 2.09. The van der Waals surface area contributed by atoms with Crippen LogP contribution >= 0.6 is 23.5 Å². The molecule has 14 heavy (non-hydrogen) atoms. The van der Waals surface area contributed by atoms with Gasteiger partial charge in [-0.25, -0.2) is 9.37 Å². The minimum absolute atomic E-state index is 0.320. The quantitative estimate of drug-likeness (QED) is 0.800.